The minimum absolute atomic E-state index is 0.584. The molecule has 1 aromatic carbocycles. The molecular formula is C21H30O3. The van der Waals surface area contributed by atoms with E-state index in [1.165, 1.54) is 12.0 Å². The van der Waals surface area contributed by atoms with Crippen molar-refractivity contribution in [1.82, 2.24) is 0 Å². The smallest absolute Gasteiger partial charge is 0.161 e. The molecule has 0 amide bonds. The second-order valence-electron chi connectivity index (χ2n) is 6.40. The zero-order valence-corrected chi connectivity index (χ0v) is 15.6. The van der Waals surface area contributed by atoms with Crippen LogP contribution in [0.15, 0.2) is 35.9 Å². The SMILES string of the molecule is COc1cc(C=O)c(CC=CCC(C)CCC=C(C)C)cc1OC. The van der Waals surface area contributed by atoms with Crippen LogP contribution in [-0.2, 0) is 6.42 Å². The molecule has 0 heterocycles. The summed E-state index contributed by atoms with van der Waals surface area (Å²) in [5, 5.41) is 0. The number of aldehydes is 1. The summed E-state index contributed by atoms with van der Waals surface area (Å²) < 4.78 is 10.6. The maximum absolute atomic E-state index is 11.3. The van der Waals surface area contributed by atoms with Gasteiger partial charge in [0.25, 0.3) is 0 Å². The van der Waals surface area contributed by atoms with Crippen molar-refractivity contribution >= 4 is 6.29 Å². The molecule has 1 rings (SSSR count). The van der Waals surface area contributed by atoms with Crippen LogP contribution in [0.1, 0.15) is 56.0 Å². The van der Waals surface area contributed by atoms with E-state index in [0.29, 0.717) is 23.0 Å². The van der Waals surface area contributed by atoms with Crippen molar-refractivity contribution in [2.75, 3.05) is 14.2 Å². The first-order valence-corrected chi connectivity index (χ1v) is 8.50. The second kappa shape index (κ2) is 10.7. The minimum Gasteiger partial charge on any atom is -0.493 e. The number of carbonyl (C=O) groups excluding carboxylic acids is 1. The summed E-state index contributed by atoms with van der Waals surface area (Å²) >= 11 is 0. The van der Waals surface area contributed by atoms with Crippen LogP contribution in [-0.4, -0.2) is 20.5 Å². The van der Waals surface area contributed by atoms with E-state index in [1.807, 2.05) is 6.07 Å². The number of hydrogen-bond donors (Lipinski definition) is 0. The van der Waals surface area contributed by atoms with Gasteiger partial charge in [0.15, 0.2) is 11.5 Å². The molecule has 0 aliphatic carbocycles. The molecule has 3 heteroatoms. The maximum atomic E-state index is 11.3. The van der Waals surface area contributed by atoms with Crippen molar-refractivity contribution < 1.29 is 14.3 Å². The predicted molar refractivity (Wildman–Crippen MR) is 100 cm³/mol. The fourth-order valence-corrected chi connectivity index (χ4v) is 2.54. The Balaban J connectivity index is 2.63. The van der Waals surface area contributed by atoms with Crippen LogP contribution < -0.4 is 9.47 Å². The highest BCUT2D eigenvalue weighted by Crippen LogP contribution is 2.30. The monoisotopic (exact) mass is 330 g/mol. The minimum atomic E-state index is 0.584. The van der Waals surface area contributed by atoms with Gasteiger partial charge in [-0.3, -0.25) is 4.79 Å². The van der Waals surface area contributed by atoms with E-state index in [1.54, 1.807) is 20.3 Å². The molecule has 0 saturated heterocycles. The molecule has 0 radical (unpaired) electrons. The molecule has 0 bridgehead atoms. The number of ether oxygens (including phenoxy) is 2. The first-order valence-electron chi connectivity index (χ1n) is 8.50. The molecule has 0 spiro atoms. The van der Waals surface area contributed by atoms with Gasteiger partial charge in [-0.25, -0.2) is 0 Å². The van der Waals surface area contributed by atoms with Crippen molar-refractivity contribution in [3.05, 3.63) is 47.1 Å². The molecule has 132 valence electrons. The van der Waals surface area contributed by atoms with E-state index in [4.69, 9.17) is 9.47 Å². The lowest BCUT2D eigenvalue weighted by Gasteiger charge is -2.11. The highest BCUT2D eigenvalue weighted by Gasteiger charge is 2.09. The third-order valence-corrected chi connectivity index (χ3v) is 4.03. The zero-order valence-electron chi connectivity index (χ0n) is 15.6. The van der Waals surface area contributed by atoms with Crippen molar-refractivity contribution in [2.24, 2.45) is 5.92 Å². The van der Waals surface area contributed by atoms with Gasteiger partial charge in [-0.05, 0) is 63.1 Å². The van der Waals surface area contributed by atoms with Crippen LogP contribution in [0.25, 0.3) is 0 Å². The second-order valence-corrected chi connectivity index (χ2v) is 6.40. The first-order chi connectivity index (χ1) is 11.5. The predicted octanol–water partition coefficient (Wildman–Crippen LogP) is 5.39. The normalized spacial score (nSPS) is 12.0. The zero-order chi connectivity index (χ0) is 17.9. The molecule has 0 N–H and O–H groups in total. The Kier molecular flexibility index (Phi) is 8.92. The lowest BCUT2D eigenvalue weighted by Crippen LogP contribution is -1.97. The van der Waals surface area contributed by atoms with Gasteiger partial charge in [0, 0.05) is 5.56 Å². The molecule has 0 aliphatic heterocycles. The van der Waals surface area contributed by atoms with Gasteiger partial charge in [-0.2, -0.15) is 0 Å². The standard InChI is InChI=1S/C21H30O3/c1-16(2)9-8-11-17(3)10-6-7-12-18-13-20(23-4)21(24-5)14-19(18)15-22/h6-7,9,13-15,17H,8,10-12H2,1-5H3. The van der Waals surface area contributed by atoms with Crippen molar-refractivity contribution in [2.45, 2.75) is 46.5 Å². The molecular weight excluding hydrogens is 300 g/mol. The highest BCUT2D eigenvalue weighted by molar-refractivity contribution is 5.79. The van der Waals surface area contributed by atoms with Crippen LogP contribution >= 0.6 is 0 Å². The van der Waals surface area contributed by atoms with Crippen LogP contribution in [0.2, 0.25) is 0 Å². The van der Waals surface area contributed by atoms with E-state index in [2.05, 4.69) is 39.0 Å². The third kappa shape index (κ3) is 6.61. The summed E-state index contributed by atoms with van der Waals surface area (Å²) in [6, 6.07) is 3.61. The Morgan fingerprint density at radius 2 is 1.79 bits per heavy atom. The summed E-state index contributed by atoms with van der Waals surface area (Å²) in [4.78, 5) is 11.3. The average molecular weight is 330 g/mol. The Labute approximate surface area is 146 Å². The van der Waals surface area contributed by atoms with Gasteiger partial charge in [-0.15, -0.1) is 0 Å². The number of rotatable bonds is 10. The van der Waals surface area contributed by atoms with Gasteiger partial charge in [0.05, 0.1) is 14.2 Å². The van der Waals surface area contributed by atoms with Crippen molar-refractivity contribution in [3.8, 4) is 11.5 Å². The largest absolute Gasteiger partial charge is 0.493 e. The van der Waals surface area contributed by atoms with Gasteiger partial charge in [0.2, 0.25) is 0 Å². The van der Waals surface area contributed by atoms with Crippen LogP contribution in [0.5, 0.6) is 11.5 Å². The van der Waals surface area contributed by atoms with E-state index < -0.39 is 0 Å². The van der Waals surface area contributed by atoms with E-state index in [9.17, 15) is 4.79 Å². The van der Waals surface area contributed by atoms with Crippen LogP contribution in [0.3, 0.4) is 0 Å². The Hall–Kier alpha value is -2.03. The van der Waals surface area contributed by atoms with E-state index >= 15 is 0 Å². The number of allylic oxidation sites excluding steroid dienone is 4. The molecule has 0 saturated carbocycles. The fraction of sp³-hybridized carbons (Fsp3) is 0.476. The summed E-state index contributed by atoms with van der Waals surface area (Å²) in [5.41, 5.74) is 2.98. The fourth-order valence-electron chi connectivity index (χ4n) is 2.54. The molecule has 1 unspecified atom stereocenters. The highest BCUT2D eigenvalue weighted by atomic mass is 16.5. The average Bonchev–Trinajstić information content (AvgIpc) is 2.57. The van der Waals surface area contributed by atoms with Crippen molar-refractivity contribution in [3.63, 3.8) is 0 Å². The maximum Gasteiger partial charge on any atom is 0.161 e. The summed E-state index contributed by atoms with van der Waals surface area (Å²) in [6.45, 7) is 6.55. The van der Waals surface area contributed by atoms with Gasteiger partial charge >= 0.3 is 0 Å². The Bertz CT molecular complexity index is 581. The van der Waals surface area contributed by atoms with Gasteiger partial charge in [0.1, 0.15) is 6.29 Å². The number of hydrogen-bond acceptors (Lipinski definition) is 3. The Morgan fingerprint density at radius 1 is 1.12 bits per heavy atom. The lowest BCUT2D eigenvalue weighted by atomic mass is 9.99. The number of benzene rings is 1. The number of methoxy groups -OCH3 is 2. The molecule has 1 aromatic rings. The van der Waals surface area contributed by atoms with E-state index in [-0.39, 0.29) is 0 Å². The number of carbonyl (C=O) groups is 1. The molecule has 1 atom stereocenters. The molecule has 24 heavy (non-hydrogen) atoms. The van der Waals surface area contributed by atoms with E-state index in [0.717, 1.165) is 31.1 Å². The molecule has 3 nitrogen and oxygen atoms in total. The third-order valence-electron chi connectivity index (χ3n) is 4.03. The molecule has 0 aromatic heterocycles. The first kappa shape index (κ1) is 20.0. The van der Waals surface area contributed by atoms with Crippen LogP contribution in [0, 0.1) is 5.92 Å². The van der Waals surface area contributed by atoms with Crippen LogP contribution in [0.4, 0.5) is 0 Å². The lowest BCUT2D eigenvalue weighted by molar-refractivity contribution is 0.112. The topological polar surface area (TPSA) is 35.5 Å². The van der Waals surface area contributed by atoms with Crippen molar-refractivity contribution in [1.29, 1.82) is 0 Å². The molecule has 0 aliphatic rings. The van der Waals surface area contributed by atoms with Gasteiger partial charge in [-0.1, -0.05) is 30.7 Å². The summed E-state index contributed by atoms with van der Waals surface area (Å²) in [5.74, 6) is 1.90. The van der Waals surface area contributed by atoms with Gasteiger partial charge < -0.3 is 9.47 Å². The molecule has 0 fully saturated rings. The quantitative estimate of drug-likeness (QED) is 0.426. The Morgan fingerprint density at radius 3 is 2.38 bits per heavy atom. The summed E-state index contributed by atoms with van der Waals surface area (Å²) in [6.07, 6.45) is 11.6. The summed E-state index contributed by atoms with van der Waals surface area (Å²) in [7, 11) is 3.18.